The molecule has 3 rings (SSSR count). The number of carbonyl (C=O) groups is 1. The molecule has 1 aromatic rings. The number of nitrogens with one attached hydrogen (secondary N) is 2. The van der Waals surface area contributed by atoms with Crippen molar-refractivity contribution in [2.24, 2.45) is 17.8 Å². The lowest BCUT2D eigenvalue weighted by Crippen LogP contribution is -2.23. The Hall–Kier alpha value is -1.42. The van der Waals surface area contributed by atoms with E-state index in [0.29, 0.717) is 11.8 Å². The van der Waals surface area contributed by atoms with E-state index in [0.717, 1.165) is 31.6 Å². The fraction of sp³-hybridized carbons (Fsp3) is 0.538. The Bertz CT molecular complexity index is 394. The van der Waals surface area contributed by atoms with Crippen LogP contribution in [0.4, 0.5) is 5.69 Å². The summed E-state index contributed by atoms with van der Waals surface area (Å²) >= 11 is 0. The number of anilines is 1. The zero-order chi connectivity index (χ0) is 11.7. The number of hydrogen-bond donors (Lipinski definition) is 2. The number of pyridine rings is 1. The molecule has 0 aromatic carbocycles. The zero-order valence-electron chi connectivity index (χ0n) is 9.73. The summed E-state index contributed by atoms with van der Waals surface area (Å²) in [6.45, 7) is 2.17. The van der Waals surface area contributed by atoms with E-state index in [-0.39, 0.29) is 11.8 Å². The molecule has 0 spiro atoms. The first-order valence-electron chi connectivity index (χ1n) is 6.24. The molecule has 2 heterocycles. The van der Waals surface area contributed by atoms with Crippen LogP contribution in [0.5, 0.6) is 0 Å². The topological polar surface area (TPSA) is 54.0 Å². The summed E-state index contributed by atoms with van der Waals surface area (Å²) in [5.41, 5.74) is 0.799. The van der Waals surface area contributed by atoms with Crippen LogP contribution in [0, 0.1) is 17.8 Å². The van der Waals surface area contributed by atoms with Gasteiger partial charge < -0.3 is 10.6 Å². The fourth-order valence-electron chi connectivity index (χ4n) is 3.06. The first-order valence-corrected chi connectivity index (χ1v) is 6.24. The predicted octanol–water partition coefficient (Wildman–Crippen LogP) is 1.27. The highest BCUT2D eigenvalue weighted by Gasteiger charge is 2.40. The average molecular weight is 231 g/mol. The minimum absolute atomic E-state index is 0.160. The van der Waals surface area contributed by atoms with E-state index in [2.05, 4.69) is 15.6 Å². The SMILES string of the molecule is O=C(Nc1cccnc1)C1CC2CNCC2C1. The second-order valence-electron chi connectivity index (χ2n) is 5.08. The van der Waals surface area contributed by atoms with Crippen molar-refractivity contribution in [1.29, 1.82) is 0 Å². The molecule has 4 nitrogen and oxygen atoms in total. The summed E-state index contributed by atoms with van der Waals surface area (Å²) in [5.74, 6) is 1.76. The van der Waals surface area contributed by atoms with Gasteiger partial charge in [-0.1, -0.05) is 0 Å². The molecule has 2 atom stereocenters. The summed E-state index contributed by atoms with van der Waals surface area (Å²) in [6, 6.07) is 3.71. The van der Waals surface area contributed by atoms with E-state index in [4.69, 9.17) is 0 Å². The van der Waals surface area contributed by atoms with Gasteiger partial charge in [-0.3, -0.25) is 9.78 Å². The van der Waals surface area contributed by atoms with Crippen LogP contribution in [0.2, 0.25) is 0 Å². The van der Waals surface area contributed by atoms with Crippen molar-refractivity contribution < 1.29 is 4.79 Å². The molecule has 1 saturated carbocycles. The van der Waals surface area contributed by atoms with Crippen LogP contribution in [0.1, 0.15) is 12.8 Å². The number of carbonyl (C=O) groups excluding carboxylic acids is 1. The molecule has 2 N–H and O–H groups in total. The van der Waals surface area contributed by atoms with Gasteiger partial charge in [-0.15, -0.1) is 0 Å². The number of hydrogen-bond acceptors (Lipinski definition) is 3. The van der Waals surface area contributed by atoms with Gasteiger partial charge in [0.05, 0.1) is 11.9 Å². The minimum Gasteiger partial charge on any atom is -0.324 e. The maximum Gasteiger partial charge on any atom is 0.227 e. The largest absolute Gasteiger partial charge is 0.324 e. The van der Waals surface area contributed by atoms with E-state index >= 15 is 0 Å². The molecular formula is C13H17N3O. The number of nitrogens with zero attached hydrogens (tertiary/aromatic N) is 1. The number of amides is 1. The van der Waals surface area contributed by atoms with Gasteiger partial charge >= 0.3 is 0 Å². The van der Waals surface area contributed by atoms with Gasteiger partial charge in [0.15, 0.2) is 0 Å². The molecule has 1 aliphatic carbocycles. The van der Waals surface area contributed by atoms with Crippen molar-refractivity contribution >= 4 is 11.6 Å². The Morgan fingerprint density at radius 1 is 1.35 bits per heavy atom. The lowest BCUT2D eigenvalue weighted by molar-refractivity contribution is -0.119. The molecule has 4 heteroatoms. The molecule has 1 aliphatic heterocycles. The summed E-state index contributed by atoms with van der Waals surface area (Å²) < 4.78 is 0. The summed E-state index contributed by atoms with van der Waals surface area (Å²) in [7, 11) is 0. The third-order valence-corrected chi connectivity index (χ3v) is 3.95. The third-order valence-electron chi connectivity index (χ3n) is 3.95. The van der Waals surface area contributed by atoms with E-state index in [1.54, 1.807) is 12.4 Å². The van der Waals surface area contributed by atoms with Crippen molar-refractivity contribution in [3.63, 3.8) is 0 Å². The quantitative estimate of drug-likeness (QED) is 0.806. The number of aromatic nitrogens is 1. The first kappa shape index (κ1) is 10.7. The molecule has 2 unspecified atom stereocenters. The van der Waals surface area contributed by atoms with E-state index in [1.807, 2.05) is 12.1 Å². The van der Waals surface area contributed by atoms with Gasteiger partial charge in [-0.05, 0) is 49.9 Å². The number of rotatable bonds is 2. The maximum absolute atomic E-state index is 12.1. The lowest BCUT2D eigenvalue weighted by Gasteiger charge is -2.11. The van der Waals surface area contributed by atoms with Crippen LogP contribution < -0.4 is 10.6 Å². The van der Waals surface area contributed by atoms with Gasteiger partial charge in [-0.2, -0.15) is 0 Å². The van der Waals surface area contributed by atoms with Gasteiger partial charge in [0.2, 0.25) is 5.91 Å². The number of fused-ring (bicyclic) bond motifs is 1. The van der Waals surface area contributed by atoms with Crippen LogP contribution in [0.25, 0.3) is 0 Å². The van der Waals surface area contributed by atoms with Crippen molar-refractivity contribution in [3.05, 3.63) is 24.5 Å². The van der Waals surface area contributed by atoms with Crippen LogP contribution >= 0.6 is 0 Å². The monoisotopic (exact) mass is 231 g/mol. The molecule has 0 radical (unpaired) electrons. The highest BCUT2D eigenvalue weighted by Crippen LogP contribution is 2.38. The molecule has 0 bridgehead atoms. The Morgan fingerprint density at radius 2 is 2.12 bits per heavy atom. The first-order chi connectivity index (χ1) is 8.33. The highest BCUT2D eigenvalue weighted by atomic mass is 16.1. The Morgan fingerprint density at radius 3 is 2.76 bits per heavy atom. The fourth-order valence-corrected chi connectivity index (χ4v) is 3.06. The molecule has 1 saturated heterocycles. The molecule has 2 aliphatic rings. The Balaban J connectivity index is 1.61. The second kappa shape index (κ2) is 4.45. The molecule has 1 aromatic heterocycles. The summed E-state index contributed by atoms with van der Waals surface area (Å²) in [4.78, 5) is 16.1. The van der Waals surface area contributed by atoms with Crippen molar-refractivity contribution in [2.45, 2.75) is 12.8 Å². The van der Waals surface area contributed by atoms with Gasteiger partial charge in [0, 0.05) is 12.1 Å². The molecule has 17 heavy (non-hydrogen) atoms. The second-order valence-corrected chi connectivity index (χ2v) is 5.08. The van der Waals surface area contributed by atoms with E-state index in [1.165, 1.54) is 0 Å². The molecule has 2 fully saturated rings. The minimum atomic E-state index is 0.160. The van der Waals surface area contributed by atoms with Crippen LogP contribution in [0.3, 0.4) is 0 Å². The van der Waals surface area contributed by atoms with Gasteiger partial charge in [0.1, 0.15) is 0 Å². The Kier molecular flexibility index (Phi) is 2.81. The van der Waals surface area contributed by atoms with E-state index in [9.17, 15) is 4.79 Å². The van der Waals surface area contributed by atoms with Crippen molar-refractivity contribution in [3.8, 4) is 0 Å². The normalized spacial score (nSPS) is 31.2. The Labute approximate surface area is 101 Å². The summed E-state index contributed by atoms with van der Waals surface area (Å²) in [6.07, 6.45) is 5.46. The van der Waals surface area contributed by atoms with Crippen LogP contribution in [0.15, 0.2) is 24.5 Å². The molecule has 1 amide bonds. The predicted molar refractivity (Wildman–Crippen MR) is 65.4 cm³/mol. The zero-order valence-corrected chi connectivity index (χ0v) is 9.73. The van der Waals surface area contributed by atoms with Crippen LogP contribution in [-0.2, 0) is 4.79 Å². The van der Waals surface area contributed by atoms with Crippen molar-refractivity contribution in [1.82, 2.24) is 10.3 Å². The smallest absolute Gasteiger partial charge is 0.227 e. The average Bonchev–Trinajstić information content (AvgIpc) is 2.90. The maximum atomic E-state index is 12.1. The van der Waals surface area contributed by atoms with E-state index < -0.39 is 0 Å². The molecular weight excluding hydrogens is 214 g/mol. The molecule has 90 valence electrons. The van der Waals surface area contributed by atoms with Crippen LogP contribution in [-0.4, -0.2) is 24.0 Å². The van der Waals surface area contributed by atoms with Gasteiger partial charge in [0.25, 0.3) is 0 Å². The highest BCUT2D eigenvalue weighted by molar-refractivity contribution is 5.92. The van der Waals surface area contributed by atoms with Gasteiger partial charge in [-0.25, -0.2) is 0 Å². The summed E-state index contributed by atoms with van der Waals surface area (Å²) in [5, 5.41) is 6.34. The lowest BCUT2D eigenvalue weighted by atomic mass is 10.0. The standard InChI is InChI=1S/C13H17N3O/c17-13(16-12-2-1-3-14-8-12)9-4-10-6-15-7-11(10)5-9/h1-3,8-11,15H,4-7H2,(H,16,17). The third kappa shape index (κ3) is 2.17. The van der Waals surface area contributed by atoms with Crippen molar-refractivity contribution in [2.75, 3.05) is 18.4 Å².